The molecule has 6 rings (SSSR count). The second kappa shape index (κ2) is 8.30. The van der Waals surface area contributed by atoms with E-state index in [4.69, 9.17) is 4.98 Å². The first kappa shape index (κ1) is 19.9. The molecule has 1 N–H and O–H groups in total. The largest absolute Gasteiger partial charge is 0.506 e. The number of para-hydroxylation sites is 2. The highest BCUT2D eigenvalue weighted by Gasteiger charge is 2.20. The maximum atomic E-state index is 10.6. The number of fused-ring (bicyclic) bond motifs is 1. The fourth-order valence-electron chi connectivity index (χ4n) is 4.28. The van der Waals surface area contributed by atoms with Crippen LogP contribution in [0.5, 0.6) is 5.75 Å². The van der Waals surface area contributed by atoms with Crippen molar-refractivity contribution in [3.05, 3.63) is 116 Å². The smallest absolute Gasteiger partial charge is 0.168 e. The van der Waals surface area contributed by atoms with E-state index in [9.17, 15) is 5.11 Å². The summed E-state index contributed by atoms with van der Waals surface area (Å²) in [4.78, 5) is 14.0. The van der Waals surface area contributed by atoms with Crippen LogP contribution in [-0.4, -0.2) is 24.6 Å². The molecule has 3 heterocycles. The molecule has 5 nitrogen and oxygen atoms in total. The van der Waals surface area contributed by atoms with Gasteiger partial charge in [0, 0.05) is 29.2 Å². The van der Waals surface area contributed by atoms with Gasteiger partial charge in [-0.25, -0.2) is 9.97 Å². The Morgan fingerprint density at radius 1 is 0.647 bits per heavy atom. The van der Waals surface area contributed by atoms with Crippen LogP contribution >= 0.6 is 0 Å². The lowest BCUT2D eigenvalue weighted by Gasteiger charge is -2.10. The van der Waals surface area contributed by atoms with E-state index in [0.29, 0.717) is 11.5 Å². The van der Waals surface area contributed by atoms with Crippen LogP contribution in [0.3, 0.4) is 0 Å². The zero-order valence-corrected chi connectivity index (χ0v) is 18.2. The lowest BCUT2D eigenvalue weighted by molar-refractivity contribution is 0.474. The molecular formula is C29H20N4O. The molecule has 0 amide bonds. The Labute approximate surface area is 196 Å². The van der Waals surface area contributed by atoms with E-state index < -0.39 is 0 Å². The summed E-state index contributed by atoms with van der Waals surface area (Å²) in [7, 11) is 0. The number of aromatic hydroxyl groups is 1. The summed E-state index contributed by atoms with van der Waals surface area (Å²) in [6.45, 7) is 0. The van der Waals surface area contributed by atoms with Crippen LogP contribution in [0.15, 0.2) is 116 Å². The zero-order valence-electron chi connectivity index (χ0n) is 18.2. The van der Waals surface area contributed by atoms with Gasteiger partial charge in [-0.1, -0.05) is 54.6 Å². The molecule has 3 aromatic carbocycles. The molecule has 34 heavy (non-hydrogen) atoms. The van der Waals surface area contributed by atoms with Gasteiger partial charge in [-0.2, -0.15) is 0 Å². The summed E-state index contributed by atoms with van der Waals surface area (Å²) >= 11 is 0. The van der Waals surface area contributed by atoms with E-state index in [1.54, 1.807) is 24.5 Å². The third-order valence-corrected chi connectivity index (χ3v) is 5.83. The Balaban J connectivity index is 1.61. The number of imidazole rings is 1. The van der Waals surface area contributed by atoms with Crippen molar-refractivity contribution in [2.45, 2.75) is 0 Å². The number of benzene rings is 3. The van der Waals surface area contributed by atoms with Crippen molar-refractivity contribution in [2.24, 2.45) is 0 Å². The summed E-state index contributed by atoms with van der Waals surface area (Å²) in [5.74, 6) is 0.682. The molecular weight excluding hydrogens is 420 g/mol. The van der Waals surface area contributed by atoms with Gasteiger partial charge in [-0.15, -0.1) is 0 Å². The van der Waals surface area contributed by atoms with Crippen molar-refractivity contribution in [3.8, 4) is 45.3 Å². The van der Waals surface area contributed by atoms with Crippen LogP contribution in [0.25, 0.3) is 50.6 Å². The van der Waals surface area contributed by atoms with Gasteiger partial charge in [0.2, 0.25) is 0 Å². The van der Waals surface area contributed by atoms with Crippen LogP contribution in [0.4, 0.5) is 0 Å². The fourth-order valence-corrected chi connectivity index (χ4v) is 4.28. The van der Waals surface area contributed by atoms with E-state index in [0.717, 1.165) is 39.1 Å². The summed E-state index contributed by atoms with van der Waals surface area (Å²) < 4.78 is 2.05. The Hall–Kier alpha value is -4.77. The van der Waals surface area contributed by atoms with Crippen LogP contribution in [-0.2, 0) is 0 Å². The van der Waals surface area contributed by atoms with Crippen LogP contribution in [0, 0.1) is 0 Å². The molecule has 3 aromatic heterocycles. The molecule has 0 spiro atoms. The third-order valence-electron chi connectivity index (χ3n) is 5.83. The van der Waals surface area contributed by atoms with Crippen molar-refractivity contribution < 1.29 is 5.11 Å². The van der Waals surface area contributed by atoms with Gasteiger partial charge in [0.1, 0.15) is 11.4 Å². The fraction of sp³-hybridized carbons (Fsp3) is 0. The first-order valence-corrected chi connectivity index (χ1v) is 11.0. The van der Waals surface area contributed by atoms with Crippen molar-refractivity contribution in [1.29, 1.82) is 0 Å². The molecule has 0 bridgehead atoms. The highest BCUT2D eigenvalue weighted by atomic mass is 16.3. The Morgan fingerprint density at radius 3 is 2.26 bits per heavy atom. The van der Waals surface area contributed by atoms with Crippen molar-refractivity contribution in [3.63, 3.8) is 0 Å². The molecule has 0 unspecified atom stereocenters. The average Bonchev–Trinajstić information content (AvgIpc) is 3.29. The van der Waals surface area contributed by atoms with Gasteiger partial charge in [-0.05, 0) is 54.1 Å². The molecule has 0 aliphatic carbocycles. The monoisotopic (exact) mass is 440 g/mol. The van der Waals surface area contributed by atoms with E-state index >= 15 is 0 Å². The maximum absolute atomic E-state index is 10.6. The second-order valence-electron chi connectivity index (χ2n) is 7.95. The van der Waals surface area contributed by atoms with Gasteiger partial charge in [0.25, 0.3) is 0 Å². The summed E-state index contributed by atoms with van der Waals surface area (Å²) in [5.41, 5.74) is 7.17. The van der Waals surface area contributed by atoms with Crippen LogP contribution in [0.1, 0.15) is 0 Å². The highest BCUT2D eigenvalue weighted by molar-refractivity contribution is 5.96. The number of nitrogens with zero attached hydrogens (tertiary/aromatic N) is 4. The van der Waals surface area contributed by atoms with Crippen LogP contribution in [0.2, 0.25) is 0 Å². The first-order valence-electron chi connectivity index (χ1n) is 11.0. The quantitative estimate of drug-likeness (QED) is 0.339. The maximum Gasteiger partial charge on any atom is 0.168 e. The molecule has 0 saturated heterocycles. The van der Waals surface area contributed by atoms with E-state index in [1.807, 2.05) is 71.3 Å². The average molecular weight is 441 g/mol. The van der Waals surface area contributed by atoms with Gasteiger partial charge < -0.3 is 5.11 Å². The number of rotatable bonds is 4. The standard InChI is InChI=1S/C29H20N4O/c34-26-16-8-18-31-28(26)29-32-27-23(13-7-15-25(27)33(29)22-11-2-1-3-12-22)20-9-6-10-21(19-20)24-14-4-5-17-30-24/h1-19,34H. The number of hydrogen-bond acceptors (Lipinski definition) is 4. The molecule has 0 fully saturated rings. The molecule has 0 saturated carbocycles. The molecule has 0 radical (unpaired) electrons. The number of pyridine rings is 2. The minimum absolute atomic E-state index is 0.0914. The van der Waals surface area contributed by atoms with E-state index in [1.165, 1.54) is 0 Å². The Bertz CT molecular complexity index is 1610. The summed E-state index contributed by atoms with van der Waals surface area (Å²) in [6, 6.07) is 33.7. The summed E-state index contributed by atoms with van der Waals surface area (Å²) in [5, 5.41) is 10.6. The normalized spacial score (nSPS) is 11.1. The molecule has 0 aliphatic rings. The minimum Gasteiger partial charge on any atom is -0.506 e. The van der Waals surface area contributed by atoms with Gasteiger partial charge in [0.15, 0.2) is 5.82 Å². The van der Waals surface area contributed by atoms with Crippen molar-refractivity contribution >= 4 is 11.0 Å². The van der Waals surface area contributed by atoms with Crippen molar-refractivity contribution in [1.82, 2.24) is 19.5 Å². The SMILES string of the molecule is Oc1cccnc1-c1nc2c(-c3cccc(-c4ccccn4)c3)cccc2n1-c1ccccc1. The van der Waals surface area contributed by atoms with Gasteiger partial charge in [0.05, 0.1) is 16.7 Å². The predicted molar refractivity (Wildman–Crippen MR) is 135 cm³/mol. The number of aromatic nitrogens is 4. The topological polar surface area (TPSA) is 63.8 Å². The van der Waals surface area contributed by atoms with Gasteiger partial charge >= 0.3 is 0 Å². The molecule has 0 atom stereocenters. The lowest BCUT2D eigenvalue weighted by atomic mass is 10.0. The lowest BCUT2D eigenvalue weighted by Crippen LogP contribution is -1.98. The molecule has 162 valence electrons. The predicted octanol–water partition coefficient (Wildman–Crippen LogP) is 6.52. The van der Waals surface area contributed by atoms with Gasteiger partial charge in [-0.3, -0.25) is 9.55 Å². The summed E-state index contributed by atoms with van der Waals surface area (Å²) in [6.07, 6.45) is 3.47. The first-order chi connectivity index (χ1) is 16.8. The Morgan fingerprint density at radius 2 is 1.44 bits per heavy atom. The number of hydrogen-bond donors (Lipinski definition) is 1. The zero-order chi connectivity index (χ0) is 22.9. The van der Waals surface area contributed by atoms with Crippen LogP contribution < -0.4 is 0 Å². The minimum atomic E-state index is 0.0914. The van der Waals surface area contributed by atoms with Crippen molar-refractivity contribution in [2.75, 3.05) is 0 Å². The molecule has 0 aliphatic heterocycles. The molecule has 5 heteroatoms. The molecule has 6 aromatic rings. The van der Waals surface area contributed by atoms with E-state index in [2.05, 4.69) is 34.2 Å². The highest BCUT2D eigenvalue weighted by Crippen LogP contribution is 2.36. The second-order valence-corrected chi connectivity index (χ2v) is 7.95. The third kappa shape index (κ3) is 3.40. The Kier molecular flexibility index (Phi) is 4.85. The van der Waals surface area contributed by atoms with E-state index in [-0.39, 0.29) is 5.75 Å².